The Kier molecular flexibility index (Phi) is 15.8. The van der Waals surface area contributed by atoms with E-state index < -0.39 is 6.04 Å². The highest BCUT2D eigenvalue weighted by Crippen LogP contribution is 2.28. The minimum absolute atomic E-state index is 0.00179. The summed E-state index contributed by atoms with van der Waals surface area (Å²) < 4.78 is 0. The topological polar surface area (TPSA) is 154 Å². The Morgan fingerprint density at radius 2 is 1.17 bits per heavy atom. The molecule has 0 unspecified atom stereocenters. The predicted molar refractivity (Wildman–Crippen MR) is 230 cm³/mol. The molecule has 310 valence electrons. The number of carbonyl (C=O) groups is 5. The highest BCUT2D eigenvalue weighted by atomic mass is 16.2. The van der Waals surface area contributed by atoms with Gasteiger partial charge in [-0.1, -0.05) is 104 Å². The molecule has 1 aliphatic heterocycles. The second-order valence-corrected chi connectivity index (χ2v) is 15.8. The second kappa shape index (κ2) is 21.8. The van der Waals surface area contributed by atoms with Gasteiger partial charge in [0.25, 0.3) is 11.8 Å². The molecule has 4 aromatic rings. The number of likely N-dealkylation sites (tertiary alicyclic amines) is 1. The normalized spacial score (nSPS) is 16.1. The van der Waals surface area contributed by atoms with Crippen molar-refractivity contribution < 1.29 is 24.0 Å². The van der Waals surface area contributed by atoms with E-state index in [1.807, 2.05) is 89.8 Å². The van der Waals surface area contributed by atoms with Crippen molar-refractivity contribution in [2.75, 3.05) is 39.3 Å². The summed E-state index contributed by atoms with van der Waals surface area (Å²) in [5.74, 6) is -0.958. The minimum Gasteiger partial charge on any atom is -0.354 e. The fourth-order valence-corrected chi connectivity index (χ4v) is 8.16. The van der Waals surface area contributed by atoms with Crippen LogP contribution in [0.1, 0.15) is 83.2 Å². The van der Waals surface area contributed by atoms with Crippen LogP contribution in [-0.4, -0.2) is 90.7 Å². The van der Waals surface area contributed by atoms with E-state index in [-0.39, 0.29) is 54.6 Å². The zero-order chi connectivity index (χ0) is 41.4. The number of hydrogen-bond acceptors (Lipinski definition) is 6. The summed E-state index contributed by atoms with van der Waals surface area (Å²) >= 11 is 0. The van der Waals surface area contributed by atoms with Crippen molar-refractivity contribution in [2.45, 2.75) is 76.3 Å². The van der Waals surface area contributed by atoms with E-state index in [2.05, 4.69) is 16.0 Å². The lowest BCUT2D eigenvalue weighted by Gasteiger charge is -2.41. The van der Waals surface area contributed by atoms with E-state index >= 15 is 0 Å². The molecule has 1 aliphatic carbocycles. The van der Waals surface area contributed by atoms with Crippen molar-refractivity contribution >= 4 is 29.5 Å². The van der Waals surface area contributed by atoms with Gasteiger partial charge >= 0.3 is 0 Å². The van der Waals surface area contributed by atoms with E-state index in [0.717, 1.165) is 67.2 Å². The van der Waals surface area contributed by atoms with Crippen LogP contribution in [0.3, 0.4) is 0 Å². The summed E-state index contributed by atoms with van der Waals surface area (Å²) in [7, 11) is 0. The number of rotatable bonds is 17. The van der Waals surface area contributed by atoms with Crippen molar-refractivity contribution in [1.29, 1.82) is 0 Å². The Labute approximate surface area is 348 Å². The van der Waals surface area contributed by atoms with Gasteiger partial charge in [-0.2, -0.15) is 0 Å². The van der Waals surface area contributed by atoms with E-state index in [4.69, 9.17) is 5.73 Å². The summed E-state index contributed by atoms with van der Waals surface area (Å²) in [6.45, 7) is 1.70. The molecule has 2 aliphatic rings. The monoisotopic (exact) mass is 798 g/mol. The molecule has 59 heavy (non-hydrogen) atoms. The largest absolute Gasteiger partial charge is 0.354 e. The van der Waals surface area contributed by atoms with Crippen molar-refractivity contribution in [3.8, 4) is 11.1 Å². The first-order valence-electron chi connectivity index (χ1n) is 21.2. The highest BCUT2D eigenvalue weighted by molar-refractivity contribution is 5.98. The van der Waals surface area contributed by atoms with E-state index in [1.54, 1.807) is 29.2 Å². The molecule has 5 amide bonds. The van der Waals surface area contributed by atoms with E-state index in [0.29, 0.717) is 50.1 Å². The molecule has 2 atom stereocenters. The van der Waals surface area contributed by atoms with Crippen LogP contribution in [0.5, 0.6) is 0 Å². The maximum absolute atomic E-state index is 13.8. The van der Waals surface area contributed by atoms with Gasteiger partial charge in [0.15, 0.2) is 0 Å². The molecule has 11 nitrogen and oxygen atoms in total. The summed E-state index contributed by atoms with van der Waals surface area (Å²) in [5, 5.41) is 8.32. The first kappa shape index (κ1) is 42.8. The Hall–Kier alpha value is -5.81. The summed E-state index contributed by atoms with van der Waals surface area (Å²) in [4.78, 5) is 69.6. The van der Waals surface area contributed by atoms with Crippen LogP contribution in [0.15, 0.2) is 109 Å². The molecular weight excluding hydrogens is 741 g/mol. The molecule has 0 aromatic heterocycles. The Morgan fingerprint density at radius 3 is 1.76 bits per heavy atom. The van der Waals surface area contributed by atoms with Gasteiger partial charge in [-0.15, -0.1) is 0 Å². The molecule has 2 fully saturated rings. The summed E-state index contributed by atoms with van der Waals surface area (Å²) in [6, 6.07) is 33.3. The zero-order valence-electron chi connectivity index (χ0n) is 34.0. The van der Waals surface area contributed by atoms with E-state index in [1.165, 1.54) is 6.42 Å². The number of piperidine rings is 1. The average molecular weight is 799 g/mol. The molecule has 6 rings (SSSR count). The lowest BCUT2D eigenvalue weighted by Crippen LogP contribution is -2.57. The minimum atomic E-state index is -0.511. The molecule has 1 saturated carbocycles. The number of carbonyl (C=O) groups excluding carboxylic acids is 5. The third-order valence-corrected chi connectivity index (χ3v) is 11.7. The lowest BCUT2D eigenvalue weighted by atomic mass is 9.83. The summed E-state index contributed by atoms with van der Waals surface area (Å²) in [6.07, 6.45) is 9.48. The van der Waals surface area contributed by atoms with Gasteiger partial charge in [0.05, 0.1) is 19.1 Å². The standard InChI is InChI=1S/C48H58N6O5/c49-45(39-16-8-3-9-17-39)48(59)54-30-11-10-18-42(54)34-53(31-28-36-14-6-2-7-15-36)44(56)33-52-47(58)41-25-21-38(22-26-41)37-19-23-40(24-20-37)46(57)51-32-43(55)50-29-27-35-12-4-1-5-13-35/h1-2,4-7,12-15,19-26,39,42,45H,3,8-11,16-18,27-34,49H2,(H,50,55)(H,51,57)(H,52,58)/t42-,45-/m0/s1. The van der Waals surface area contributed by atoms with Crippen LogP contribution in [0.2, 0.25) is 0 Å². The number of nitrogens with two attached hydrogens (primary N) is 1. The number of amides is 5. The highest BCUT2D eigenvalue weighted by Gasteiger charge is 2.35. The first-order valence-corrected chi connectivity index (χ1v) is 21.2. The Morgan fingerprint density at radius 1 is 0.627 bits per heavy atom. The van der Waals surface area contributed by atoms with Crippen LogP contribution in [-0.2, 0) is 27.2 Å². The smallest absolute Gasteiger partial charge is 0.251 e. The van der Waals surface area contributed by atoms with Crippen LogP contribution >= 0.6 is 0 Å². The SMILES string of the molecule is N[C@H](C(=O)N1CCCC[C@H]1CN(CCc1ccccc1)C(=O)CNC(=O)c1ccc(-c2ccc(C(=O)NCC(=O)NCCc3ccccc3)cc2)cc1)C1CCCCC1. The molecule has 5 N–H and O–H groups in total. The molecule has 11 heteroatoms. The number of nitrogens with zero attached hydrogens (tertiary/aromatic N) is 2. The quantitative estimate of drug-likeness (QED) is 0.110. The van der Waals surface area contributed by atoms with Gasteiger partial charge in [0.1, 0.15) is 0 Å². The maximum Gasteiger partial charge on any atom is 0.251 e. The van der Waals surface area contributed by atoms with Gasteiger partial charge < -0.3 is 31.5 Å². The van der Waals surface area contributed by atoms with Crippen molar-refractivity contribution in [3.05, 3.63) is 131 Å². The zero-order valence-corrected chi connectivity index (χ0v) is 34.0. The number of nitrogens with one attached hydrogen (secondary N) is 3. The average Bonchev–Trinajstić information content (AvgIpc) is 3.29. The molecule has 1 heterocycles. The van der Waals surface area contributed by atoms with Gasteiger partial charge in [0, 0.05) is 43.3 Å². The van der Waals surface area contributed by atoms with E-state index in [9.17, 15) is 24.0 Å². The molecule has 0 radical (unpaired) electrons. The van der Waals surface area contributed by atoms with Gasteiger partial charge in [0.2, 0.25) is 17.7 Å². The summed E-state index contributed by atoms with van der Waals surface area (Å²) in [5.41, 5.74) is 11.4. The second-order valence-electron chi connectivity index (χ2n) is 15.8. The van der Waals surface area contributed by atoms with Gasteiger partial charge in [-0.05, 0) is 97.4 Å². The van der Waals surface area contributed by atoms with Crippen LogP contribution < -0.4 is 21.7 Å². The molecule has 4 aromatic carbocycles. The predicted octanol–water partition coefficient (Wildman–Crippen LogP) is 5.53. The van der Waals surface area contributed by atoms with Gasteiger partial charge in [-0.3, -0.25) is 24.0 Å². The number of hydrogen-bond donors (Lipinski definition) is 4. The molecular formula is C48H58N6O5. The fraction of sp³-hybridized carbons (Fsp3) is 0.396. The van der Waals surface area contributed by atoms with Crippen molar-refractivity contribution in [1.82, 2.24) is 25.8 Å². The molecule has 1 saturated heterocycles. The Balaban J connectivity index is 1.00. The fourth-order valence-electron chi connectivity index (χ4n) is 8.16. The van der Waals surface area contributed by atoms with Crippen molar-refractivity contribution in [2.24, 2.45) is 11.7 Å². The van der Waals surface area contributed by atoms with Crippen molar-refractivity contribution in [3.63, 3.8) is 0 Å². The lowest BCUT2D eigenvalue weighted by molar-refractivity contribution is -0.141. The van der Waals surface area contributed by atoms with Crippen LogP contribution in [0, 0.1) is 5.92 Å². The maximum atomic E-state index is 13.8. The third-order valence-electron chi connectivity index (χ3n) is 11.7. The molecule has 0 spiro atoms. The Bertz CT molecular complexity index is 1980. The molecule has 0 bridgehead atoms. The van der Waals surface area contributed by atoms with Crippen LogP contribution in [0.25, 0.3) is 11.1 Å². The first-order chi connectivity index (χ1) is 28.7. The van der Waals surface area contributed by atoms with Crippen LogP contribution in [0.4, 0.5) is 0 Å². The third kappa shape index (κ3) is 12.6. The number of benzene rings is 4. The van der Waals surface area contributed by atoms with Gasteiger partial charge in [-0.25, -0.2) is 0 Å².